The van der Waals surface area contributed by atoms with Gasteiger partial charge in [0.05, 0.1) is 13.2 Å². The molecule has 4 nitrogen and oxygen atoms in total. The smallest absolute Gasteiger partial charge is 0.374 e. The van der Waals surface area contributed by atoms with Crippen LogP contribution in [0.15, 0.2) is 24.3 Å². The van der Waals surface area contributed by atoms with Gasteiger partial charge in [-0.2, -0.15) is 0 Å². The van der Waals surface area contributed by atoms with Crippen LogP contribution in [0.5, 0.6) is 0 Å². The summed E-state index contributed by atoms with van der Waals surface area (Å²) in [7, 11) is 1.22. The Morgan fingerprint density at radius 3 is 2.60 bits per heavy atom. The van der Waals surface area contributed by atoms with E-state index in [1.165, 1.54) is 32.8 Å². The Kier molecular flexibility index (Phi) is 11.1. The van der Waals surface area contributed by atoms with Crippen molar-refractivity contribution < 1.29 is 19.4 Å². The molecule has 0 saturated heterocycles. The van der Waals surface area contributed by atoms with Crippen LogP contribution in [0.25, 0.3) is 0 Å². The van der Waals surface area contributed by atoms with E-state index >= 15 is 0 Å². The van der Waals surface area contributed by atoms with Crippen LogP contribution in [0.4, 0.5) is 0 Å². The van der Waals surface area contributed by atoms with E-state index in [-0.39, 0.29) is 18.4 Å². The first-order valence-electron chi connectivity index (χ1n) is 9.71. The summed E-state index contributed by atoms with van der Waals surface area (Å²) in [5.74, 6) is -0.553. The average molecular weight is 350 g/mol. The first kappa shape index (κ1) is 21.6. The molecular formula is C21H34O4. The van der Waals surface area contributed by atoms with Gasteiger partial charge in [0.15, 0.2) is 0 Å². The molecule has 1 aliphatic carbocycles. The molecule has 0 aromatic carbocycles. The predicted octanol–water partition coefficient (Wildman–Crippen LogP) is 4.37. The van der Waals surface area contributed by atoms with Crippen molar-refractivity contribution >= 4 is 11.8 Å². The third kappa shape index (κ3) is 8.48. The molecule has 1 fully saturated rings. The number of hydrogen-bond acceptors (Lipinski definition) is 4. The number of carbonyl (C=O) groups is 2. The highest BCUT2D eigenvalue weighted by atomic mass is 16.5. The average Bonchev–Trinajstić information content (AvgIpc) is 2.96. The summed E-state index contributed by atoms with van der Waals surface area (Å²) in [6.07, 6.45) is 18.0. The van der Waals surface area contributed by atoms with Crippen LogP contribution in [0.3, 0.4) is 0 Å². The molecule has 0 aromatic heterocycles. The number of rotatable bonds is 12. The topological polar surface area (TPSA) is 63.6 Å². The van der Waals surface area contributed by atoms with Crippen LogP contribution in [0.1, 0.15) is 71.1 Å². The third-order valence-corrected chi connectivity index (χ3v) is 4.97. The Hall–Kier alpha value is -1.42. The largest absolute Gasteiger partial charge is 0.463 e. The molecule has 0 spiro atoms. The third-order valence-electron chi connectivity index (χ3n) is 4.97. The molecule has 4 heteroatoms. The SMILES string of the molecule is CCCCCCC=C[C@H]1CCC(O)[C@@H]1CC=CCCC(=O)C(=O)OC. The molecule has 1 aliphatic rings. The maximum atomic E-state index is 11.4. The molecule has 0 heterocycles. The van der Waals surface area contributed by atoms with E-state index < -0.39 is 11.8 Å². The number of Topliss-reactive ketones (excluding diaryl/α,β-unsaturated/α-hetero) is 1. The highest BCUT2D eigenvalue weighted by Crippen LogP contribution is 2.36. The summed E-state index contributed by atoms with van der Waals surface area (Å²) in [6, 6.07) is 0. The number of allylic oxidation sites excluding steroid dienone is 4. The lowest BCUT2D eigenvalue weighted by Crippen LogP contribution is -2.17. The van der Waals surface area contributed by atoms with E-state index in [0.717, 1.165) is 25.7 Å². The predicted molar refractivity (Wildman–Crippen MR) is 100 cm³/mol. The van der Waals surface area contributed by atoms with Crippen LogP contribution >= 0.6 is 0 Å². The second-order valence-electron chi connectivity index (χ2n) is 6.91. The fraction of sp³-hybridized carbons (Fsp3) is 0.714. The van der Waals surface area contributed by atoms with E-state index in [1.54, 1.807) is 0 Å². The number of ketones is 1. The minimum absolute atomic E-state index is 0.178. The van der Waals surface area contributed by atoms with Crippen LogP contribution < -0.4 is 0 Å². The molecule has 0 radical (unpaired) electrons. The van der Waals surface area contributed by atoms with Crippen molar-refractivity contribution in [3.05, 3.63) is 24.3 Å². The Bertz CT molecular complexity index is 453. The number of aliphatic hydroxyl groups is 1. The van der Waals surface area contributed by atoms with E-state index in [4.69, 9.17) is 0 Å². The van der Waals surface area contributed by atoms with E-state index in [2.05, 4.69) is 23.8 Å². The standard InChI is InChI=1S/C21H34O4/c1-3-4-5-6-7-9-12-17-15-16-19(22)18(17)13-10-8-11-14-20(23)21(24)25-2/h8-10,12,17-19,22H,3-7,11,13-16H2,1-2H3/t17-,18+,19?/m0/s1. The lowest BCUT2D eigenvalue weighted by molar-refractivity contribution is -0.151. The Balaban J connectivity index is 2.31. The molecule has 1 N–H and O–H groups in total. The number of aliphatic hydroxyl groups excluding tert-OH is 1. The lowest BCUT2D eigenvalue weighted by atomic mass is 9.90. The van der Waals surface area contributed by atoms with Gasteiger partial charge in [-0.3, -0.25) is 4.79 Å². The molecule has 0 amide bonds. The zero-order chi connectivity index (χ0) is 18.5. The summed E-state index contributed by atoms with van der Waals surface area (Å²) in [5.41, 5.74) is 0. The molecule has 3 atom stereocenters. The van der Waals surface area contributed by atoms with Crippen molar-refractivity contribution in [3.63, 3.8) is 0 Å². The van der Waals surface area contributed by atoms with Gasteiger partial charge in [0.2, 0.25) is 5.78 Å². The molecule has 142 valence electrons. The van der Waals surface area contributed by atoms with Crippen LogP contribution in [-0.2, 0) is 14.3 Å². The van der Waals surface area contributed by atoms with Gasteiger partial charge in [0.25, 0.3) is 0 Å². The molecule has 25 heavy (non-hydrogen) atoms. The molecule has 1 unspecified atom stereocenters. The van der Waals surface area contributed by atoms with Gasteiger partial charge in [0.1, 0.15) is 0 Å². The van der Waals surface area contributed by atoms with E-state index in [0.29, 0.717) is 12.3 Å². The van der Waals surface area contributed by atoms with Gasteiger partial charge in [0, 0.05) is 6.42 Å². The van der Waals surface area contributed by atoms with Crippen molar-refractivity contribution in [2.24, 2.45) is 11.8 Å². The highest BCUT2D eigenvalue weighted by Gasteiger charge is 2.32. The first-order chi connectivity index (χ1) is 12.1. The van der Waals surface area contributed by atoms with Crippen molar-refractivity contribution in [1.82, 2.24) is 0 Å². The highest BCUT2D eigenvalue weighted by molar-refractivity contribution is 6.33. The molecule has 0 aliphatic heterocycles. The van der Waals surface area contributed by atoms with Gasteiger partial charge in [-0.05, 0) is 50.4 Å². The Morgan fingerprint density at radius 2 is 1.88 bits per heavy atom. The number of esters is 1. The van der Waals surface area contributed by atoms with Gasteiger partial charge < -0.3 is 9.84 Å². The van der Waals surface area contributed by atoms with Crippen LogP contribution in [-0.4, -0.2) is 30.1 Å². The fourth-order valence-corrected chi connectivity index (χ4v) is 3.41. The van der Waals surface area contributed by atoms with Crippen molar-refractivity contribution in [3.8, 4) is 0 Å². The zero-order valence-corrected chi connectivity index (χ0v) is 15.8. The summed E-state index contributed by atoms with van der Waals surface area (Å²) >= 11 is 0. The monoisotopic (exact) mass is 350 g/mol. The fourth-order valence-electron chi connectivity index (χ4n) is 3.41. The minimum atomic E-state index is -0.774. The van der Waals surface area contributed by atoms with Gasteiger partial charge in [-0.15, -0.1) is 0 Å². The summed E-state index contributed by atoms with van der Waals surface area (Å²) < 4.78 is 4.39. The Morgan fingerprint density at radius 1 is 1.08 bits per heavy atom. The quantitative estimate of drug-likeness (QED) is 0.246. The summed E-state index contributed by atoms with van der Waals surface area (Å²) in [5, 5.41) is 10.2. The van der Waals surface area contributed by atoms with Gasteiger partial charge in [-0.25, -0.2) is 4.79 Å². The molecule has 0 aromatic rings. The normalized spacial score (nSPS) is 23.6. The van der Waals surface area contributed by atoms with Crippen molar-refractivity contribution in [2.45, 2.75) is 77.2 Å². The van der Waals surface area contributed by atoms with Crippen LogP contribution in [0, 0.1) is 11.8 Å². The number of ether oxygens (including phenoxy) is 1. The van der Waals surface area contributed by atoms with Crippen molar-refractivity contribution in [1.29, 1.82) is 0 Å². The van der Waals surface area contributed by atoms with Gasteiger partial charge in [-0.1, -0.05) is 50.5 Å². The van der Waals surface area contributed by atoms with Gasteiger partial charge >= 0.3 is 5.97 Å². The summed E-state index contributed by atoms with van der Waals surface area (Å²) in [4.78, 5) is 22.4. The lowest BCUT2D eigenvalue weighted by Gasteiger charge is -2.17. The molecule has 0 bridgehead atoms. The maximum Gasteiger partial charge on any atom is 0.374 e. The van der Waals surface area contributed by atoms with Crippen LogP contribution in [0.2, 0.25) is 0 Å². The second kappa shape index (κ2) is 12.9. The number of methoxy groups -OCH3 is 1. The molecular weight excluding hydrogens is 316 g/mol. The molecule has 1 rings (SSSR count). The molecule has 1 saturated carbocycles. The number of hydrogen-bond donors (Lipinski definition) is 1. The Labute approximate surface area is 152 Å². The zero-order valence-electron chi connectivity index (χ0n) is 15.8. The second-order valence-corrected chi connectivity index (χ2v) is 6.91. The number of carbonyl (C=O) groups excluding carboxylic acids is 2. The van der Waals surface area contributed by atoms with E-state index in [9.17, 15) is 14.7 Å². The minimum Gasteiger partial charge on any atom is -0.463 e. The number of unbranched alkanes of at least 4 members (excludes halogenated alkanes) is 4. The van der Waals surface area contributed by atoms with E-state index in [1.807, 2.05) is 12.2 Å². The summed E-state index contributed by atoms with van der Waals surface area (Å²) in [6.45, 7) is 2.22. The maximum absolute atomic E-state index is 11.4. The first-order valence-corrected chi connectivity index (χ1v) is 9.71. The van der Waals surface area contributed by atoms with Crippen molar-refractivity contribution in [2.75, 3.05) is 7.11 Å².